The number of hydrogen-bond acceptors (Lipinski definition) is 6. The van der Waals surface area contributed by atoms with Crippen LogP contribution in [0.3, 0.4) is 0 Å². The average Bonchev–Trinajstić information content (AvgIpc) is 2.36. The largest absolute Gasteiger partial charge is 0.491 e. The molecule has 0 bridgehead atoms. The van der Waals surface area contributed by atoms with Gasteiger partial charge in [0.1, 0.15) is 17.9 Å². The van der Waals surface area contributed by atoms with Gasteiger partial charge in [-0.3, -0.25) is 10.1 Å². The van der Waals surface area contributed by atoms with Crippen LogP contribution in [0.5, 0.6) is 5.75 Å². The molecule has 1 rings (SSSR count). The summed E-state index contributed by atoms with van der Waals surface area (Å²) in [5.41, 5.74) is 4.76. The van der Waals surface area contributed by atoms with Crippen LogP contribution in [0.2, 0.25) is 0 Å². The van der Waals surface area contributed by atoms with E-state index in [1.165, 1.54) is 26.2 Å². The van der Waals surface area contributed by atoms with Gasteiger partial charge in [0.15, 0.2) is 0 Å². The Balaban J connectivity index is 2.87. The van der Waals surface area contributed by atoms with Gasteiger partial charge in [-0.25, -0.2) is 4.79 Å². The lowest BCUT2D eigenvalue weighted by Gasteiger charge is -2.22. The first-order chi connectivity index (χ1) is 8.79. The molecule has 0 aliphatic heterocycles. The minimum atomic E-state index is -1.31. The molecular weight excluding hydrogens is 252 g/mol. The number of nitro groups is 1. The summed E-state index contributed by atoms with van der Waals surface area (Å²) in [6.07, 6.45) is 0. The molecule has 1 aromatic carbocycles. The topological polar surface area (TPSA) is 105 Å². The van der Waals surface area contributed by atoms with E-state index in [4.69, 9.17) is 10.5 Å². The van der Waals surface area contributed by atoms with Gasteiger partial charge in [-0.2, -0.15) is 0 Å². The Labute approximate surface area is 110 Å². The van der Waals surface area contributed by atoms with Gasteiger partial charge in [0.2, 0.25) is 0 Å². The third kappa shape index (κ3) is 3.41. The second-order valence-electron chi connectivity index (χ2n) is 4.36. The van der Waals surface area contributed by atoms with Crippen LogP contribution in [0.1, 0.15) is 12.5 Å². The maximum atomic E-state index is 11.4. The molecule has 0 aliphatic carbocycles. The van der Waals surface area contributed by atoms with E-state index in [0.717, 1.165) is 0 Å². The summed E-state index contributed by atoms with van der Waals surface area (Å²) in [7, 11) is 1.23. The zero-order chi connectivity index (χ0) is 14.6. The average molecular weight is 268 g/mol. The minimum Gasteiger partial charge on any atom is -0.491 e. The van der Waals surface area contributed by atoms with E-state index < -0.39 is 16.4 Å². The molecule has 0 aromatic heterocycles. The van der Waals surface area contributed by atoms with Crippen molar-refractivity contribution in [2.75, 3.05) is 13.7 Å². The molecule has 104 valence electrons. The van der Waals surface area contributed by atoms with Gasteiger partial charge in [-0.05, 0) is 19.9 Å². The number of nitrogens with zero attached hydrogens (tertiary/aromatic N) is 1. The molecule has 1 unspecified atom stereocenters. The van der Waals surface area contributed by atoms with Crippen molar-refractivity contribution in [1.29, 1.82) is 0 Å². The first kappa shape index (κ1) is 14.9. The number of rotatable bonds is 5. The van der Waals surface area contributed by atoms with Crippen LogP contribution in [0.15, 0.2) is 18.2 Å². The van der Waals surface area contributed by atoms with E-state index >= 15 is 0 Å². The summed E-state index contributed by atoms with van der Waals surface area (Å²) in [6.45, 7) is 2.90. The van der Waals surface area contributed by atoms with Crippen molar-refractivity contribution in [3.05, 3.63) is 33.9 Å². The predicted molar refractivity (Wildman–Crippen MR) is 67.9 cm³/mol. The molecule has 0 spiro atoms. The van der Waals surface area contributed by atoms with Gasteiger partial charge < -0.3 is 15.2 Å². The number of benzene rings is 1. The molecule has 0 amide bonds. The van der Waals surface area contributed by atoms with Crippen molar-refractivity contribution in [2.24, 2.45) is 5.73 Å². The highest BCUT2D eigenvalue weighted by molar-refractivity contribution is 5.80. The Hall–Kier alpha value is -2.15. The van der Waals surface area contributed by atoms with E-state index in [-0.39, 0.29) is 12.3 Å². The van der Waals surface area contributed by atoms with Gasteiger partial charge in [-0.1, -0.05) is 6.07 Å². The highest BCUT2D eigenvalue weighted by Crippen LogP contribution is 2.27. The van der Waals surface area contributed by atoms with Crippen LogP contribution in [0.4, 0.5) is 5.69 Å². The Morgan fingerprint density at radius 1 is 1.53 bits per heavy atom. The summed E-state index contributed by atoms with van der Waals surface area (Å²) in [5, 5.41) is 10.8. The molecule has 19 heavy (non-hydrogen) atoms. The van der Waals surface area contributed by atoms with Crippen molar-refractivity contribution >= 4 is 11.7 Å². The van der Waals surface area contributed by atoms with Crippen molar-refractivity contribution < 1.29 is 19.2 Å². The quantitative estimate of drug-likeness (QED) is 0.488. The number of nitrogens with two attached hydrogens (primary N) is 1. The Bertz CT molecular complexity index is 499. The van der Waals surface area contributed by atoms with Crippen LogP contribution < -0.4 is 10.5 Å². The first-order valence-electron chi connectivity index (χ1n) is 5.53. The maximum Gasteiger partial charge on any atom is 0.329 e. The zero-order valence-corrected chi connectivity index (χ0v) is 11.0. The molecule has 0 heterocycles. The minimum absolute atomic E-state index is 0.0470. The van der Waals surface area contributed by atoms with Crippen molar-refractivity contribution in [3.63, 3.8) is 0 Å². The number of ether oxygens (including phenoxy) is 2. The van der Waals surface area contributed by atoms with Gasteiger partial charge in [0, 0.05) is 6.07 Å². The van der Waals surface area contributed by atoms with Crippen molar-refractivity contribution in [3.8, 4) is 5.75 Å². The molecule has 0 aliphatic rings. The standard InChI is InChI=1S/C12H16N2O5/c1-8-9(14(16)17)5-4-6-10(8)19-7-12(2,13)11(15)18-3/h4-6H,7,13H2,1-3H3. The van der Waals surface area contributed by atoms with Crippen LogP contribution in [-0.2, 0) is 9.53 Å². The van der Waals surface area contributed by atoms with Gasteiger partial charge in [0.25, 0.3) is 5.69 Å². The molecule has 0 saturated carbocycles. The molecule has 0 radical (unpaired) electrons. The normalized spacial score (nSPS) is 13.5. The third-order valence-electron chi connectivity index (χ3n) is 2.63. The molecule has 1 atom stereocenters. The van der Waals surface area contributed by atoms with E-state index in [2.05, 4.69) is 4.74 Å². The Morgan fingerprint density at radius 3 is 2.68 bits per heavy atom. The molecule has 7 nitrogen and oxygen atoms in total. The number of carbonyl (C=O) groups is 1. The molecule has 2 N–H and O–H groups in total. The van der Waals surface area contributed by atoms with Gasteiger partial charge in [0.05, 0.1) is 17.6 Å². The van der Waals surface area contributed by atoms with E-state index in [0.29, 0.717) is 11.3 Å². The number of nitro benzene ring substituents is 1. The highest BCUT2D eigenvalue weighted by atomic mass is 16.6. The summed E-state index contributed by atoms with van der Waals surface area (Å²) in [5.74, 6) is -0.301. The van der Waals surface area contributed by atoms with Crippen molar-refractivity contribution in [2.45, 2.75) is 19.4 Å². The Kier molecular flexibility index (Phi) is 4.44. The number of hydrogen-bond donors (Lipinski definition) is 1. The van der Waals surface area contributed by atoms with Crippen LogP contribution in [-0.4, -0.2) is 30.1 Å². The lowest BCUT2D eigenvalue weighted by atomic mass is 10.1. The summed E-state index contributed by atoms with van der Waals surface area (Å²) >= 11 is 0. The van der Waals surface area contributed by atoms with Gasteiger partial charge >= 0.3 is 5.97 Å². The third-order valence-corrected chi connectivity index (χ3v) is 2.63. The number of methoxy groups -OCH3 is 1. The SMILES string of the molecule is COC(=O)C(C)(N)COc1cccc([N+](=O)[O-])c1C. The zero-order valence-electron chi connectivity index (χ0n) is 11.0. The molecular formula is C12H16N2O5. The lowest BCUT2D eigenvalue weighted by molar-refractivity contribution is -0.385. The summed E-state index contributed by atoms with van der Waals surface area (Å²) in [4.78, 5) is 21.7. The van der Waals surface area contributed by atoms with Gasteiger partial charge in [-0.15, -0.1) is 0 Å². The van der Waals surface area contributed by atoms with Crippen LogP contribution in [0.25, 0.3) is 0 Å². The molecule has 1 aromatic rings. The van der Waals surface area contributed by atoms with Crippen molar-refractivity contribution in [1.82, 2.24) is 0 Å². The second-order valence-corrected chi connectivity index (χ2v) is 4.36. The smallest absolute Gasteiger partial charge is 0.329 e. The molecule has 0 saturated heterocycles. The summed E-state index contributed by atoms with van der Waals surface area (Å²) < 4.78 is 9.93. The first-order valence-corrected chi connectivity index (χ1v) is 5.53. The fourth-order valence-electron chi connectivity index (χ4n) is 1.48. The Morgan fingerprint density at radius 2 is 2.16 bits per heavy atom. The number of carbonyl (C=O) groups excluding carboxylic acids is 1. The fraction of sp³-hybridized carbons (Fsp3) is 0.417. The second kappa shape index (κ2) is 5.66. The predicted octanol–water partition coefficient (Wildman–Crippen LogP) is 1.17. The lowest BCUT2D eigenvalue weighted by Crippen LogP contribution is -2.50. The van der Waals surface area contributed by atoms with E-state index in [9.17, 15) is 14.9 Å². The van der Waals surface area contributed by atoms with E-state index in [1.807, 2.05) is 0 Å². The molecule has 0 fully saturated rings. The van der Waals surface area contributed by atoms with Crippen LogP contribution >= 0.6 is 0 Å². The monoisotopic (exact) mass is 268 g/mol. The number of esters is 1. The summed E-state index contributed by atoms with van der Waals surface area (Å²) in [6, 6.07) is 4.46. The van der Waals surface area contributed by atoms with E-state index in [1.54, 1.807) is 13.0 Å². The fourth-order valence-corrected chi connectivity index (χ4v) is 1.48. The highest BCUT2D eigenvalue weighted by Gasteiger charge is 2.31. The maximum absolute atomic E-state index is 11.4. The molecule has 7 heteroatoms. The van der Waals surface area contributed by atoms with Crippen LogP contribution in [0, 0.1) is 17.0 Å².